The number of hydrogen-bond donors (Lipinski definition) is 1. The van der Waals surface area contributed by atoms with Crippen LogP contribution in [0.15, 0.2) is 88.2 Å². The Balaban J connectivity index is 1.58. The molecule has 0 saturated heterocycles. The number of rotatable bonds is 4. The van der Waals surface area contributed by atoms with Gasteiger partial charge in [-0.3, -0.25) is 9.36 Å². The van der Waals surface area contributed by atoms with Crippen LogP contribution >= 0.6 is 11.3 Å². The molecule has 1 aliphatic heterocycles. The number of aromatic hydroxyl groups is 1. The van der Waals surface area contributed by atoms with E-state index < -0.39 is 0 Å². The molecule has 0 amide bonds. The molecule has 0 radical (unpaired) electrons. The molecule has 1 N–H and O–H groups in total. The first-order valence-electron chi connectivity index (χ1n) is 11.8. The van der Waals surface area contributed by atoms with Gasteiger partial charge in [-0.25, -0.2) is 4.99 Å². The van der Waals surface area contributed by atoms with Crippen LogP contribution in [0.2, 0.25) is 0 Å². The standard InChI is InChI=1S/C29H24N2O3S/c1-2-34-24-16-18(12-15-23(24)32)17-25-28(33)31-27(20-9-4-3-5-10-20)22-14-13-19-8-6-7-11-21(19)26(22)30-29(31)35-25/h3-12,15-17,27,32H,2,13-14H2,1H3. The fourth-order valence-electron chi connectivity index (χ4n) is 5.00. The summed E-state index contributed by atoms with van der Waals surface area (Å²) < 4.78 is 7.98. The SMILES string of the molecule is CCOc1cc(C=c2sc3n(c2=O)C(c2ccccc2)C2=C(N=3)c3ccccc3CC2)ccc1O. The summed E-state index contributed by atoms with van der Waals surface area (Å²) in [5.74, 6) is 0.490. The minimum atomic E-state index is -0.184. The lowest BCUT2D eigenvalue weighted by atomic mass is 9.83. The third-order valence-electron chi connectivity index (χ3n) is 6.57. The van der Waals surface area contributed by atoms with Gasteiger partial charge in [0.15, 0.2) is 16.3 Å². The molecule has 4 aromatic rings. The highest BCUT2D eigenvalue weighted by molar-refractivity contribution is 7.07. The van der Waals surface area contributed by atoms with Crippen LogP contribution in [-0.2, 0) is 6.42 Å². The topological polar surface area (TPSA) is 63.8 Å². The van der Waals surface area contributed by atoms with Gasteiger partial charge in [-0.05, 0) is 60.2 Å². The van der Waals surface area contributed by atoms with Crippen LogP contribution in [0.25, 0.3) is 11.8 Å². The van der Waals surface area contributed by atoms with Crippen LogP contribution in [0.5, 0.6) is 11.5 Å². The fraction of sp³-hybridized carbons (Fsp3) is 0.172. The summed E-state index contributed by atoms with van der Waals surface area (Å²) in [5, 5.41) is 10.1. The van der Waals surface area contributed by atoms with E-state index in [2.05, 4.69) is 36.4 Å². The van der Waals surface area contributed by atoms with Gasteiger partial charge in [0.1, 0.15) is 0 Å². The van der Waals surface area contributed by atoms with Crippen molar-refractivity contribution < 1.29 is 9.84 Å². The monoisotopic (exact) mass is 480 g/mol. The van der Waals surface area contributed by atoms with Crippen molar-refractivity contribution >= 4 is 23.1 Å². The average molecular weight is 481 g/mol. The fourth-order valence-corrected chi connectivity index (χ4v) is 6.00. The lowest BCUT2D eigenvalue weighted by molar-refractivity contribution is 0.318. The Labute approximate surface area is 206 Å². The van der Waals surface area contributed by atoms with E-state index in [1.54, 1.807) is 18.2 Å². The Bertz CT molecular complexity index is 1650. The Morgan fingerprint density at radius 2 is 1.89 bits per heavy atom. The second-order valence-corrected chi connectivity index (χ2v) is 9.69. The maximum Gasteiger partial charge on any atom is 0.271 e. The van der Waals surface area contributed by atoms with Gasteiger partial charge in [0.25, 0.3) is 5.56 Å². The maximum atomic E-state index is 13.8. The van der Waals surface area contributed by atoms with E-state index in [4.69, 9.17) is 9.73 Å². The number of benzene rings is 3. The van der Waals surface area contributed by atoms with Gasteiger partial charge in [0.05, 0.1) is 22.9 Å². The van der Waals surface area contributed by atoms with Crippen molar-refractivity contribution in [3.8, 4) is 11.5 Å². The van der Waals surface area contributed by atoms with E-state index in [1.165, 1.54) is 22.5 Å². The molecule has 0 saturated carbocycles. The first-order valence-corrected chi connectivity index (χ1v) is 12.6. The molecule has 2 aliphatic rings. The Hall–Kier alpha value is -3.90. The highest BCUT2D eigenvalue weighted by atomic mass is 32.1. The summed E-state index contributed by atoms with van der Waals surface area (Å²) in [5.41, 5.74) is 6.47. The van der Waals surface area contributed by atoms with Gasteiger partial charge in [-0.2, -0.15) is 0 Å². The summed E-state index contributed by atoms with van der Waals surface area (Å²) in [7, 11) is 0. The molecule has 1 aromatic heterocycles. The molecule has 6 heteroatoms. The zero-order valence-electron chi connectivity index (χ0n) is 19.3. The van der Waals surface area contributed by atoms with Crippen molar-refractivity contribution in [3.63, 3.8) is 0 Å². The van der Waals surface area contributed by atoms with E-state index in [9.17, 15) is 9.90 Å². The number of aryl methyl sites for hydroxylation is 1. The van der Waals surface area contributed by atoms with Crippen LogP contribution in [0.3, 0.4) is 0 Å². The lowest BCUT2D eigenvalue weighted by Gasteiger charge is -2.30. The molecule has 5 nitrogen and oxygen atoms in total. The molecule has 1 atom stereocenters. The zero-order chi connectivity index (χ0) is 23.9. The van der Waals surface area contributed by atoms with Gasteiger partial charge in [-0.15, -0.1) is 0 Å². The van der Waals surface area contributed by atoms with Crippen LogP contribution in [0.1, 0.15) is 41.6 Å². The molecule has 35 heavy (non-hydrogen) atoms. The number of hydrogen-bond acceptors (Lipinski definition) is 5. The van der Waals surface area contributed by atoms with Gasteiger partial charge in [-0.1, -0.05) is 72.0 Å². The smallest absolute Gasteiger partial charge is 0.271 e. The van der Waals surface area contributed by atoms with E-state index in [1.807, 2.05) is 35.8 Å². The first kappa shape index (κ1) is 21.6. The normalized spacial score (nSPS) is 16.8. The first-order chi connectivity index (χ1) is 17.1. The second kappa shape index (κ2) is 8.71. The minimum absolute atomic E-state index is 0.0564. The molecule has 0 bridgehead atoms. The molecule has 6 rings (SSSR count). The Kier molecular flexibility index (Phi) is 5.38. The van der Waals surface area contributed by atoms with Crippen LogP contribution in [0, 0.1) is 0 Å². The molecule has 174 valence electrons. The van der Waals surface area contributed by atoms with Crippen molar-refractivity contribution in [1.29, 1.82) is 0 Å². The van der Waals surface area contributed by atoms with Crippen molar-refractivity contribution in [3.05, 3.63) is 120 Å². The van der Waals surface area contributed by atoms with Crippen molar-refractivity contribution in [2.24, 2.45) is 4.99 Å². The van der Waals surface area contributed by atoms with Crippen molar-refractivity contribution in [2.45, 2.75) is 25.8 Å². The van der Waals surface area contributed by atoms with E-state index in [0.717, 1.165) is 35.2 Å². The number of phenols is 1. The van der Waals surface area contributed by atoms with Crippen LogP contribution in [0.4, 0.5) is 0 Å². The van der Waals surface area contributed by atoms with Gasteiger partial charge < -0.3 is 9.84 Å². The summed E-state index contributed by atoms with van der Waals surface area (Å²) in [6.07, 6.45) is 3.66. The number of nitrogens with zero attached hydrogens (tertiary/aromatic N) is 2. The molecule has 3 aromatic carbocycles. The van der Waals surface area contributed by atoms with Gasteiger partial charge in [0.2, 0.25) is 0 Å². The summed E-state index contributed by atoms with van der Waals surface area (Å²) in [4.78, 5) is 19.5. The van der Waals surface area contributed by atoms with E-state index in [-0.39, 0.29) is 17.4 Å². The molecule has 2 heterocycles. The van der Waals surface area contributed by atoms with Crippen molar-refractivity contribution in [2.75, 3.05) is 6.61 Å². The number of phenolic OH excluding ortho intramolecular Hbond substituents is 1. The summed E-state index contributed by atoms with van der Waals surface area (Å²) in [6.45, 7) is 2.32. The highest BCUT2D eigenvalue weighted by Crippen LogP contribution is 2.41. The number of fused-ring (bicyclic) bond motifs is 3. The van der Waals surface area contributed by atoms with Gasteiger partial charge >= 0.3 is 0 Å². The molecule has 1 aliphatic carbocycles. The molecular formula is C29H24N2O3S. The lowest BCUT2D eigenvalue weighted by Crippen LogP contribution is -2.38. The number of ether oxygens (including phenoxy) is 1. The maximum absolute atomic E-state index is 13.8. The third-order valence-corrected chi connectivity index (χ3v) is 7.55. The summed E-state index contributed by atoms with van der Waals surface area (Å²) >= 11 is 1.40. The van der Waals surface area contributed by atoms with Crippen LogP contribution < -0.4 is 19.6 Å². The van der Waals surface area contributed by atoms with E-state index in [0.29, 0.717) is 21.7 Å². The third kappa shape index (κ3) is 3.70. The predicted octanol–water partition coefficient (Wildman–Crippen LogP) is 4.42. The zero-order valence-corrected chi connectivity index (χ0v) is 20.1. The Morgan fingerprint density at radius 1 is 1.09 bits per heavy atom. The molecular weight excluding hydrogens is 456 g/mol. The van der Waals surface area contributed by atoms with Crippen molar-refractivity contribution in [1.82, 2.24) is 4.57 Å². The van der Waals surface area contributed by atoms with Gasteiger partial charge in [0, 0.05) is 5.56 Å². The summed E-state index contributed by atoms with van der Waals surface area (Å²) in [6, 6.07) is 23.6. The number of thiazole rings is 1. The quantitative estimate of drug-likeness (QED) is 0.470. The molecule has 1 unspecified atom stereocenters. The average Bonchev–Trinajstić information content (AvgIpc) is 3.19. The van der Waals surface area contributed by atoms with E-state index >= 15 is 0 Å². The Morgan fingerprint density at radius 3 is 2.71 bits per heavy atom. The second-order valence-electron chi connectivity index (χ2n) is 8.68. The predicted molar refractivity (Wildman–Crippen MR) is 138 cm³/mol. The number of allylic oxidation sites excluding steroid dienone is 1. The molecule has 0 fully saturated rings. The minimum Gasteiger partial charge on any atom is -0.504 e. The highest BCUT2D eigenvalue weighted by Gasteiger charge is 2.32. The molecule has 0 spiro atoms. The van der Waals surface area contributed by atoms with Crippen LogP contribution in [-0.4, -0.2) is 16.3 Å². The largest absolute Gasteiger partial charge is 0.504 e. The number of aromatic nitrogens is 1.